The quantitative estimate of drug-likeness (QED) is 0.490. The van der Waals surface area contributed by atoms with Crippen LogP contribution in [0.15, 0.2) is 40.3 Å². The molecule has 0 aliphatic heterocycles. The summed E-state index contributed by atoms with van der Waals surface area (Å²) in [5.74, 6) is 0.886. The van der Waals surface area contributed by atoms with Crippen LogP contribution in [-0.4, -0.2) is 33.9 Å². The first-order valence-electron chi connectivity index (χ1n) is 10.3. The maximum absolute atomic E-state index is 12.9. The summed E-state index contributed by atoms with van der Waals surface area (Å²) in [6, 6.07) is 3.46. The topological polar surface area (TPSA) is 103 Å². The van der Waals surface area contributed by atoms with E-state index >= 15 is 0 Å². The Morgan fingerprint density at radius 1 is 1.19 bits per heavy atom. The van der Waals surface area contributed by atoms with Crippen molar-refractivity contribution in [1.82, 2.24) is 33.9 Å². The van der Waals surface area contributed by atoms with E-state index in [1.54, 1.807) is 29.3 Å². The fourth-order valence-corrected chi connectivity index (χ4v) is 3.70. The van der Waals surface area contributed by atoms with Crippen molar-refractivity contribution in [1.29, 1.82) is 0 Å². The lowest BCUT2D eigenvalue weighted by molar-refractivity contribution is 0.475. The Bertz CT molecular complexity index is 1360. The monoisotopic (exact) mass is 423 g/mol. The van der Waals surface area contributed by atoms with Crippen molar-refractivity contribution in [2.75, 3.05) is 0 Å². The zero-order chi connectivity index (χ0) is 21.5. The van der Waals surface area contributed by atoms with Gasteiger partial charge in [0.05, 0.1) is 24.0 Å². The fourth-order valence-electron chi connectivity index (χ4n) is 3.70. The molecule has 0 radical (unpaired) electrons. The Hall–Kier alpha value is -3.56. The summed E-state index contributed by atoms with van der Waals surface area (Å²) in [7, 11) is 0. The SMILES string of the molecule is CCn1c(=O)n(CC2CC2)c(=O)c2[nH]c(-c3cnn(Cc4ccc(CF)nc4)c3)nc21. The third-order valence-electron chi connectivity index (χ3n) is 5.59. The van der Waals surface area contributed by atoms with E-state index in [0.717, 1.165) is 18.4 Å². The molecule has 4 heterocycles. The van der Waals surface area contributed by atoms with Crippen LogP contribution >= 0.6 is 0 Å². The van der Waals surface area contributed by atoms with Crippen LogP contribution in [0.4, 0.5) is 4.39 Å². The predicted octanol–water partition coefficient (Wildman–Crippen LogP) is 2.09. The third-order valence-corrected chi connectivity index (χ3v) is 5.59. The van der Waals surface area contributed by atoms with Crippen molar-refractivity contribution < 1.29 is 4.39 Å². The Kier molecular flexibility index (Phi) is 4.76. The van der Waals surface area contributed by atoms with Crippen LogP contribution in [0.25, 0.3) is 22.6 Å². The minimum Gasteiger partial charge on any atom is -0.332 e. The number of aromatic nitrogens is 7. The molecule has 0 bridgehead atoms. The Labute approximate surface area is 176 Å². The molecule has 0 spiro atoms. The van der Waals surface area contributed by atoms with Gasteiger partial charge in [-0.05, 0) is 37.3 Å². The number of H-pyrrole nitrogens is 1. The number of pyridine rings is 1. The van der Waals surface area contributed by atoms with E-state index in [4.69, 9.17) is 0 Å². The number of aromatic amines is 1. The summed E-state index contributed by atoms with van der Waals surface area (Å²) in [6.07, 6.45) is 7.18. The first-order chi connectivity index (χ1) is 15.1. The molecular weight excluding hydrogens is 401 g/mol. The highest BCUT2D eigenvalue weighted by Crippen LogP contribution is 2.29. The second-order valence-corrected chi connectivity index (χ2v) is 7.89. The summed E-state index contributed by atoms with van der Waals surface area (Å²) < 4.78 is 17.2. The van der Waals surface area contributed by atoms with Crippen LogP contribution in [0.1, 0.15) is 31.0 Å². The van der Waals surface area contributed by atoms with E-state index in [1.807, 2.05) is 13.0 Å². The molecule has 1 aliphatic carbocycles. The van der Waals surface area contributed by atoms with Crippen molar-refractivity contribution >= 4 is 11.2 Å². The lowest BCUT2D eigenvalue weighted by atomic mass is 10.2. The fraction of sp³-hybridized carbons (Fsp3) is 0.381. The average Bonchev–Trinajstić information content (AvgIpc) is 3.29. The first kappa shape index (κ1) is 19.4. The maximum Gasteiger partial charge on any atom is 0.332 e. The van der Waals surface area contributed by atoms with Crippen molar-refractivity contribution in [2.45, 2.75) is 46.1 Å². The largest absolute Gasteiger partial charge is 0.332 e. The molecule has 31 heavy (non-hydrogen) atoms. The molecule has 0 atom stereocenters. The van der Waals surface area contributed by atoms with Gasteiger partial charge in [-0.2, -0.15) is 5.10 Å². The number of nitrogens with zero attached hydrogens (tertiary/aromatic N) is 6. The number of imidazole rings is 1. The second-order valence-electron chi connectivity index (χ2n) is 7.89. The number of alkyl halides is 1. The summed E-state index contributed by atoms with van der Waals surface area (Å²) >= 11 is 0. The highest BCUT2D eigenvalue weighted by molar-refractivity contribution is 5.75. The summed E-state index contributed by atoms with van der Waals surface area (Å²) in [6.45, 7) is 2.61. The van der Waals surface area contributed by atoms with Gasteiger partial charge in [-0.1, -0.05) is 6.07 Å². The minimum atomic E-state index is -0.594. The molecule has 1 aliphatic rings. The van der Waals surface area contributed by atoms with E-state index in [2.05, 4.69) is 20.1 Å². The van der Waals surface area contributed by atoms with Gasteiger partial charge in [0.2, 0.25) is 0 Å². The van der Waals surface area contributed by atoms with Crippen molar-refractivity contribution in [3.63, 3.8) is 0 Å². The molecule has 5 rings (SSSR count). The van der Waals surface area contributed by atoms with E-state index < -0.39 is 6.67 Å². The van der Waals surface area contributed by atoms with E-state index in [-0.39, 0.29) is 11.2 Å². The molecule has 160 valence electrons. The van der Waals surface area contributed by atoms with Crippen LogP contribution in [-0.2, 0) is 26.3 Å². The molecule has 0 unspecified atom stereocenters. The standard InChI is InChI=1S/C21H22FN7O2/c1-2-28-19-17(20(30)29(21(28)31)11-13-3-4-13)25-18(26-19)15-9-24-27(12-15)10-14-5-6-16(7-22)23-8-14/h5-6,8-9,12-13H,2-4,7,10-11H2,1H3,(H,25,26). The highest BCUT2D eigenvalue weighted by atomic mass is 19.1. The number of hydrogen-bond donors (Lipinski definition) is 1. The zero-order valence-corrected chi connectivity index (χ0v) is 17.1. The lowest BCUT2D eigenvalue weighted by Gasteiger charge is -2.08. The van der Waals surface area contributed by atoms with Gasteiger partial charge in [0.25, 0.3) is 5.56 Å². The average molecular weight is 423 g/mol. The molecule has 9 nitrogen and oxygen atoms in total. The predicted molar refractivity (Wildman–Crippen MR) is 112 cm³/mol. The summed E-state index contributed by atoms with van der Waals surface area (Å²) in [4.78, 5) is 37.5. The van der Waals surface area contributed by atoms with Crippen molar-refractivity contribution in [3.8, 4) is 11.4 Å². The van der Waals surface area contributed by atoms with Crippen LogP contribution in [0.3, 0.4) is 0 Å². The van der Waals surface area contributed by atoms with E-state index in [9.17, 15) is 14.0 Å². The molecular formula is C21H22FN7O2. The van der Waals surface area contributed by atoms with Crippen LogP contribution in [0.2, 0.25) is 0 Å². The Balaban J connectivity index is 1.50. The third kappa shape index (κ3) is 3.58. The van der Waals surface area contributed by atoms with Gasteiger partial charge in [0.15, 0.2) is 5.65 Å². The smallest absolute Gasteiger partial charge is 0.332 e. The molecule has 10 heteroatoms. The first-order valence-corrected chi connectivity index (χ1v) is 10.3. The second kappa shape index (κ2) is 7.60. The molecule has 0 aromatic carbocycles. The molecule has 0 saturated heterocycles. The van der Waals surface area contributed by atoms with Gasteiger partial charge in [-0.3, -0.25) is 23.6 Å². The number of halogens is 1. The van der Waals surface area contributed by atoms with Crippen LogP contribution in [0.5, 0.6) is 0 Å². The minimum absolute atomic E-state index is 0.315. The van der Waals surface area contributed by atoms with Gasteiger partial charge in [0.1, 0.15) is 18.0 Å². The lowest BCUT2D eigenvalue weighted by Crippen LogP contribution is -2.40. The van der Waals surface area contributed by atoms with Gasteiger partial charge in [0, 0.05) is 25.5 Å². The van der Waals surface area contributed by atoms with Gasteiger partial charge in [-0.25, -0.2) is 14.2 Å². The summed E-state index contributed by atoms with van der Waals surface area (Å²) in [5.41, 5.74) is 2.02. The number of nitrogens with one attached hydrogen (secondary N) is 1. The maximum atomic E-state index is 12.9. The summed E-state index contributed by atoms with van der Waals surface area (Å²) in [5, 5.41) is 4.35. The number of hydrogen-bond acceptors (Lipinski definition) is 5. The molecule has 4 aromatic heterocycles. The molecule has 0 amide bonds. The molecule has 1 saturated carbocycles. The van der Waals surface area contributed by atoms with Crippen LogP contribution < -0.4 is 11.2 Å². The van der Waals surface area contributed by atoms with Crippen molar-refractivity contribution in [2.24, 2.45) is 5.92 Å². The molecule has 1 fully saturated rings. The number of aryl methyl sites for hydroxylation is 1. The Morgan fingerprint density at radius 3 is 2.71 bits per heavy atom. The van der Waals surface area contributed by atoms with Gasteiger partial charge in [-0.15, -0.1) is 0 Å². The number of rotatable bonds is 7. The van der Waals surface area contributed by atoms with Gasteiger partial charge < -0.3 is 4.98 Å². The van der Waals surface area contributed by atoms with E-state index in [0.29, 0.717) is 53.8 Å². The normalized spacial score (nSPS) is 13.9. The highest BCUT2D eigenvalue weighted by Gasteiger charge is 2.25. The Morgan fingerprint density at radius 2 is 2.03 bits per heavy atom. The van der Waals surface area contributed by atoms with Crippen LogP contribution in [0, 0.1) is 5.92 Å². The molecule has 1 N–H and O–H groups in total. The van der Waals surface area contributed by atoms with Crippen molar-refractivity contribution in [3.05, 3.63) is 62.8 Å². The number of fused-ring (bicyclic) bond motifs is 1. The molecule has 4 aromatic rings. The zero-order valence-electron chi connectivity index (χ0n) is 17.1. The van der Waals surface area contributed by atoms with Gasteiger partial charge >= 0.3 is 5.69 Å². The van der Waals surface area contributed by atoms with E-state index in [1.165, 1.54) is 9.13 Å².